The summed E-state index contributed by atoms with van der Waals surface area (Å²) in [4.78, 5) is 18.9. The highest BCUT2D eigenvalue weighted by atomic mass is 15.1. The Kier molecular flexibility index (Phi) is 3.51. The number of fused-ring (bicyclic) bond motifs is 1. The average molecular weight is 306 g/mol. The van der Waals surface area contributed by atoms with Crippen molar-refractivity contribution in [2.45, 2.75) is 19.5 Å². The van der Waals surface area contributed by atoms with Crippen molar-refractivity contribution in [2.24, 2.45) is 0 Å². The van der Waals surface area contributed by atoms with E-state index in [-0.39, 0.29) is 0 Å². The van der Waals surface area contributed by atoms with E-state index in [1.807, 2.05) is 36.7 Å². The number of imidazole rings is 1. The first-order chi connectivity index (χ1) is 11.3. The van der Waals surface area contributed by atoms with Crippen molar-refractivity contribution in [2.75, 3.05) is 12.3 Å². The zero-order valence-corrected chi connectivity index (χ0v) is 12.7. The Labute approximate surface area is 134 Å². The summed E-state index contributed by atoms with van der Waals surface area (Å²) in [6.45, 7) is 2.74. The van der Waals surface area contributed by atoms with Crippen molar-refractivity contribution in [3.8, 4) is 11.4 Å². The van der Waals surface area contributed by atoms with Crippen LogP contribution in [0.2, 0.25) is 0 Å². The van der Waals surface area contributed by atoms with E-state index in [2.05, 4.69) is 19.9 Å². The fourth-order valence-electron chi connectivity index (χ4n) is 2.89. The van der Waals surface area contributed by atoms with Crippen LogP contribution in [0, 0.1) is 0 Å². The lowest BCUT2D eigenvalue weighted by atomic mass is 10.1. The number of H-pyrrole nitrogens is 1. The fourth-order valence-corrected chi connectivity index (χ4v) is 2.89. The summed E-state index contributed by atoms with van der Waals surface area (Å²) in [7, 11) is 0. The first-order valence-corrected chi connectivity index (χ1v) is 7.68. The van der Waals surface area contributed by atoms with E-state index in [1.54, 1.807) is 6.33 Å². The summed E-state index contributed by atoms with van der Waals surface area (Å²) in [6, 6.07) is 7.68. The lowest BCUT2D eigenvalue weighted by Gasteiger charge is -2.27. The molecule has 6 nitrogen and oxygen atoms in total. The highest BCUT2D eigenvalue weighted by molar-refractivity contribution is 5.58. The minimum absolute atomic E-state index is 0.751. The Balaban J connectivity index is 1.53. The third-order valence-corrected chi connectivity index (χ3v) is 4.13. The molecule has 0 fully saturated rings. The molecule has 1 aromatic carbocycles. The maximum atomic E-state index is 5.73. The van der Waals surface area contributed by atoms with E-state index in [1.165, 1.54) is 5.56 Å². The molecule has 0 saturated carbocycles. The van der Waals surface area contributed by atoms with Crippen molar-refractivity contribution < 1.29 is 0 Å². The van der Waals surface area contributed by atoms with E-state index in [0.29, 0.717) is 0 Å². The Morgan fingerprint density at radius 2 is 2.04 bits per heavy atom. The van der Waals surface area contributed by atoms with Gasteiger partial charge in [0.05, 0.1) is 12.0 Å². The molecule has 2 aromatic heterocycles. The lowest BCUT2D eigenvalue weighted by molar-refractivity contribution is 0.240. The van der Waals surface area contributed by atoms with Crippen LogP contribution in [0.4, 0.5) is 5.69 Å². The third kappa shape index (κ3) is 2.93. The molecule has 116 valence electrons. The van der Waals surface area contributed by atoms with Crippen molar-refractivity contribution >= 4 is 5.69 Å². The predicted octanol–water partition coefficient (Wildman–Crippen LogP) is 2.01. The lowest BCUT2D eigenvalue weighted by Crippen LogP contribution is -2.31. The van der Waals surface area contributed by atoms with Gasteiger partial charge in [0.1, 0.15) is 0 Å². The van der Waals surface area contributed by atoms with Gasteiger partial charge in [0.15, 0.2) is 5.82 Å². The van der Waals surface area contributed by atoms with Crippen LogP contribution in [-0.2, 0) is 19.5 Å². The van der Waals surface area contributed by atoms with Gasteiger partial charge in [0.25, 0.3) is 0 Å². The second-order valence-corrected chi connectivity index (χ2v) is 5.83. The van der Waals surface area contributed by atoms with Gasteiger partial charge in [-0.2, -0.15) is 0 Å². The van der Waals surface area contributed by atoms with Crippen LogP contribution < -0.4 is 5.73 Å². The average Bonchev–Trinajstić information content (AvgIpc) is 3.08. The molecule has 0 bridgehead atoms. The monoisotopic (exact) mass is 306 g/mol. The molecule has 3 aromatic rings. The van der Waals surface area contributed by atoms with Crippen LogP contribution in [0.5, 0.6) is 0 Å². The second-order valence-electron chi connectivity index (χ2n) is 5.83. The van der Waals surface area contributed by atoms with Gasteiger partial charge in [0, 0.05) is 61.0 Å². The van der Waals surface area contributed by atoms with Crippen LogP contribution in [0.25, 0.3) is 11.4 Å². The molecule has 4 rings (SSSR count). The predicted molar refractivity (Wildman–Crippen MR) is 88.3 cm³/mol. The van der Waals surface area contributed by atoms with E-state index in [4.69, 9.17) is 10.7 Å². The third-order valence-electron chi connectivity index (χ3n) is 4.13. The van der Waals surface area contributed by atoms with Gasteiger partial charge >= 0.3 is 0 Å². The van der Waals surface area contributed by atoms with Gasteiger partial charge in [-0.3, -0.25) is 4.90 Å². The zero-order chi connectivity index (χ0) is 15.6. The molecule has 0 spiro atoms. The van der Waals surface area contributed by atoms with Gasteiger partial charge in [0.2, 0.25) is 0 Å². The number of aromatic amines is 1. The minimum Gasteiger partial charge on any atom is -0.399 e. The summed E-state index contributed by atoms with van der Waals surface area (Å²) in [5, 5.41) is 0. The first kappa shape index (κ1) is 13.9. The fraction of sp³-hybridized carbons (Fsp3) is 0.235. The Hall–Kier alpha value is -2.73. The molecule has 0 aliphatic carbocycles. The molecule has 0 saturated heterocycles. The number of nitrogens with zero attached hydrogens (tertiary/aromatic N) is 4. The first-order valence-electron chi connectivity index (χ1n) is 7.68. The van der Waals surface area contributed by atoms with Crippen molar-refractivity contribution in [1.82, 2.24) is 24.8 Å². The number of hydrogen-bond acceptors (Lipinski definition) is 5. The smallest absolute Gasteiger partial charge is 0.159 e. The number of benzene rings is 1. The number of rotatable bonds is 3. The molecule has 23 heavy (non-hydrogen) atoms. The molecular weight excluding hydrogens is 288 g/mol. The molecule has 0 radical (unpaired) electrons. The number of anilines is 1. The normalized spacial score (nSPS) is 14.6. The van der Waals surface area contributed by atoms with Gasteiger partial charge in [-0.05, 0) is 24.3 Å². The number of aromatic nitrogens is 4. The van der Waals surface area contributed by atoms with Crippen LogP contribution in [0.1, 0.15) is 17.0 Å². The molecule has 0 unspecified atom stereocenters. The summed E-state index contributed by atoms with van der Waals surface area (Å²) < 4.78 is 0. The highest BCUT2D eigenvalue weighted by Crippen LogP contribution is 2.22. The van der Waals surface area contributed by atoms with Crippen LogP contribution in [-0.4, -0.2) is 31.4 Å². The van der Waals surface area contributed by atoms with Gasteiger partial charge in [-0.15, -0.1) is 0 Å². The van der Waals surface area contributed by atoms with Gasteiger partial charge in [-0.25, -0.2) is 15.0 Å². The van der Waals surface area contributed by atoms with Gasteiger partial charge in [-0.1, -0.05) is 0 Å². The topological polar surface area (TPSA) is 83.7 Å². The number of hydrogen-bond donors (Lipinski definition) is 2. The molecule has 3 heterocycles. The Morgan fingerprint density at radius 3 is 2.83 bits per heavy atom. The van der Waals surface area contributed by atoms with Crippen LogP contribution in [0.3, 0.4) is 0 Å². The van der Waals surface area contributed by atoms with Crippen molar-refractivity contribution in [3.63, 3.8) is 0 Å². The van der Waals surface area contributed by atoms with E-state index < -0.39 is 0 Å². The minimum atomic E-state index is 0.751. The number of nitrogen functional groups attached to an aromatic ring is 1. The number of nitrogens with one attached hydrogen (secondary N) is 1. The Bertz CT molecular complexity index is 794. The van der Waals surface area contributed by atoms with Crippen LogP contribution >= 0.6 is 0 Å². The second kappa shape index (κ2) is 5.81. The zero-order valence-electron chi connectivity index (χ0n) is 12.7. The molecule has 0 atom stereocenters. The Morgan fingerprint density at radius 1 is 1.17 bits per heavy atom. The molecule has 1 aliphatic heterocycles. The standard InChI is InChI=1S/C17H18N6/c18-14-3-1-12(2-4-14)17-20-7-13-9-23(6-5-16(13)22-17)10-15-8-19-11-21-15/h1-4,7-8,11H,5-6,9-10,18H2,(H,19,21). The van der Waals surface area contributed by atoms with Crippen molar-refractivity contribution in [3.05, 3.63) is 59.9 Å². The van der Waals surface area contributed by atoms with E-state index >= 15 is 0 Å². The maximum Gasteiger partial charge on any atom is 0.159 e. The summed E-state index contributed by atoms with van der Waals surface area (Å²) in [5.74, 6) is 0.769. The van der Waals surface area contributed by atoms with E-state index in [0.717, 1.165) is 54.5 Å². The summed E-state index contributed by atoms with van der Waals surface area (Å²) in [5.41, 5.74) is 11.0. The highest BCUT2D eigenvalue weighted by Gasteiger charge is 2.19. The molecular formula is C17H18N6. The SMILES string of the molecule is Nc1ccc(-c2ncc3c(n2)CCN(Cc2cnc[nH]2)C3)cc1. The van der Waals surface area contributed by atoms with Gasteiger partial charge < -0.3 is 10.7 Å². The maximum absolute atomic E-state index is 5.73. The quantitative estimate of drug-likeness (QED) is 0.723. The molecule has 1 aliphatic rings. The summed E-state index contributed by atoms with van der Waals surface area (Å²) >= 11 is 0. The summed E-state index contributed by atoms with van der Waals surface area (Å²) in [6.07, 6.45) is 6.48. The van der Waals surface area contributed by atoms with E-state index in [9.17, 15) is 0 Å². The largest absolute Gasteiger partial charge is 0.399 e. The molecule has 0 amide bonds. The molecule has 6 heteroatoms. The van der Waals surface area contributed by atoms with Crippen molar-refractivity contribution in [1.29, 1.82) is 0 Å². The van der Waals surface area contributed by atoms with Crippen LogP contribution in [0.15, 0.2) is 43.0 Å². The number of nitrogens with two attached hydrogens (primary N) is 1. The molecule has 3 N–H and O–H groups in total.